The van der Waals surface area contributed by atoms with Crippen LogP contribution >= 0.6 is 0 Å². The lowest BCUT2D eigenvalue weighted by Gasteiger charge is -2.24. The molecule has 114 heavy (non-hydrogen) atoms. The Morgan fingerprint density at radius 2 is 0.640 bits per heavy atom. The van der Waals surface area contributed by atoms with Crippen molar-refractivity contribution >= 4 is 141 Å². The van der Waals surface area contributed by atoms with Crippen molar-refractivity contribution in [3.63, 3.8) is 0 Å². The predicted octanol–water partition coefficient (Wildman–Crippen LogP) is 7.06. The van der Waals surface area contributed by atoms with Crippen molar-refractivity contribution in [2.45, 2.75) is 41.5 Å². The number of hydrogen-bond donors (Lipinski definition) is 0. The molecule has 0 saturated carbocycles. The highest BCUT2D eigenvalue weighted by Crippen LogP contribution is 2.26. The van der Waals surface area contributed by atoms with Crippen molar-refractivity contribution in [2.75, 3.05) is 28.2 Å². The zero-order valence-corrected chi connectivity index (χ0v) is 66.9. The predicted molar refractivity (Wildman–Crippen MR) is 462 cm³/mol. The summed E-state index contributed by atoms with van der Waals surface area (Å²) < 4.78 is 33.3. The molecule has 20 heteroatoms. The maximum absolute atomic E-state index is 6.17. The third-order valence-corrected chi connectivity index (χ3v) is 23.0. The summed E-state index contributed by atoms with van der Waals surface area (Å²) in [5.41, 5.74) is 28.6. The quantitative estimate of drug-likeness (QED) is 0.114. The zero-order valence-electron chi connectivity index (χ0n) is 66.9. The highest BCUT2D eigenvalue weighted by molar-refractivity contribution is 6.87. The average Bonchev–Trinajstić information content (AvgIpc) is 1.58. The fraction of sp³-hybridized carbons (Fsp3) is 0.149. The number of fused-ring (bicyclic) bond motifs is 12. The van der Waals surface area contributed by atoms with Crippen LogP contribution in [0.25, 0.3) is 136 Å². The summed E-state index contributed by atoms with van der Waals surface area (Å²) in [5, 5.41) is 8.76. The first-order valence-electron chi connectivity index (χ1n) is 38.7. The van der Waals surface area contributed by atoms with Crippen LogP contribution in [0, 0.1) is 13.8 Å². The van der Waals surface area contributed by atoms with Gasteiger partial charge in [-0.05, 0) is 198 Å². The van der Waals surface area contributed by atoms with E-state index in [1.165, 1.54) is 99.9 Å². The lowest BCUT2D eigenvalue weighted by molar-refractivity contribution is -0.654. The summed E-state index contributed by atoms with van der Waals surface area (Å²) in [4.78, 5) is 26.6. The van der Waals surface area contributed by atoms with Crippen molar-refractivity contribution in [1.29, 1.82) is 0 Å². The van der Waals surface area contributed by atoms with Crippen molar-refractivity contribution in [3.8, 4) is 44.5 Å². The Bertz CT molecular complexity index is 7010. The SMILES string of the molecule is CC1=c2c(oc3ncccc23)=CN(C)B1c1cc(-c2ccccc2)cc[n+]1C.CC1=c2oc3ncccc3c2=CN(C)B1c1cc(-c2ccccc2)c(C)c[n+]1C.CC1=c2oc3ncccc3c2=CN(C)B1c1cc(-c2ccccc2)cc[n+]1C.CC1=c2oc3ncccc3c2=CN(C)B1c1cc(C)c(-c2ccccc2)c[n+]1C. The lowest BCUT2D eigenvalue weighted by Crippen LogP contribution is -2.62. The molecule has 16 nitrogen and oxygen atoms in total. The molecule has 0 bridgehead atoms. The number of benzene rings is 4. The van der Waals surface area contributed by atoms with Gasteiger partial charge in [-0.1, -0.05) is 127 Å². The Morgan fingerprint density at radius 1 is 0.298 bits per heavy atom. The molecular formula is C94H88B4N12O4+4. The fourth-order valence-electron chi connectivity index (χ4n) is 17.4. The van der Waals surface area contributed by atoms with Gasteiger partial charge in [-0.2, -0.15) is 0 Å². The van der Waals surface area contributed by atoms with Gasteiger partial charge >= 0.3 is 27.4 Å². The van der Waals surface area contributed by atoms with Crippen LogP contribution in [0.5, 0.6) is 0 Å². The molecule has 0 spiro atoms. The summed E-state index contributed by atoms with van der Waals surface area (Å²) in [6, 6.07) is 71.8. The van der Waals surface area contributed by atoms with Gasteiger partial charge in [0.1, 0.15) is 44.4 Å². The zero-order chi connectivity index (χ0) is 78.7. The second-order valence-electron chi connectivity index (χ2n) is 30.5. The second-order valence-corrected chi connectivity index (χ2v) is 30.5. The van der Waals surface area contributed by atoms with Gasteiger partial charge in [0.05, 0.1) is 0 Å². The van der Waals surface area contributed by atoms with Gasteiger partial charge in [0.25, 0.3) is 0 Å². The van der Waals surface area contributed by atoms with Crippen LogP contribution in [-0.4, -0.2) is 94.8 Å². The minimum atomic E-state index is 0.0936. The van der Waals surface area contributed by atoms with Gasteiger partial charge in [0.2, 0.25) is 22.9 Å². The van der Waals surface area contributed by atoms with Crippen LogP contribution < -0.4 is 83.2 Å². The van der Waals surface area contributed by atoms with Gasteiger partial charge in [-0.15, -0.1) is 0 Å². The number of nitrogens with zero attached hydrogens (tertiary/aromatic N) is 12. The van der Waals surface area contributed by atoms with E-state index in [1.54, 1.807) is 24.8 Å². The standard InChI is InChI=1S/2C24H23BN3O.2C23H21BN3O/c1-16-14-27(3)22(13-20(16)18-9-6-5-7-10-18)25-17(2)23-21(15-28(25)4)19-11-8-12-26-24(19)29-23;1-16-13-22(27(3)14-20(16)18-9-6-5-7-10-18)25-17(2)23-21(15-28(25)4)19-11-8-12-26-24(19)29-23;1-16-22-19-10-7-12-25-23(19)28-20(22)15-27(3)24(16)21-14-18(11-13-26(21)2)17-8-5-4-6-9-17;1-16-22-20(19-10-7-12-25-23(19)28-22)15-27(3)24(16)21-14-18(11-13-26(21)2)17-8-5-4-6-9-17/h2*5-15H,1-4H3;2*4-15H,1-3H3/q4*+1. The maximum atomic E-state index is 6.17. The topological polar surface area (TPSA) is 133 Å². The smallest absolute Gasteiger partial charge is 0.402 e. The molecule has 4 aromatic carbocycles. The minimum Gasteiger partial charge on any atom is -0.438 e. The van der Waals surface area contributed by atoms with E-state index in [1.807, 2.05) is 30.3 Å². The Labute approximate surface area is 663 Å². The Hall–Kier alpha value is -13.3. The van der Waals surface area contributed by atoms with E-state index in [4.69, 9.17) is 17.7 Å². The molecule has 556 valence electrons. The molecule has 20 rings (SSSR count). The Balaban J connectivity index is 0.000000110. The van der Waals surface area contributed by atoms with Crippen LogP contribution in [-0.2, 0) is 28.2 Å². The van der Waals surface area contributed by atoms with Crippen LogP contribution in [0.4, 0.5) is 0 Å². The molecule has 16 heterocycles. The normalized spacial score (nSPS) is 13.6. The van der Waals surface area contributed by atoms with Crippen LogP contribution in [0.15, 0.2) is 273 Å². The molecule has 4 aliphatic heterocycles. The number of rotatable bonds is 8. The molecule has 16 aromatic rings. The first kappa shape index (κ1) is 73.5. The molecule has 0 amide bonds. The Morgan fingerprint density at radius 3 is 1.06 bits per heavy atom. The molecule has 0 aliphatic carbocycles. The minimum absolute atomic E-state index is 0.0936. The van der Waals surface area contributed by atoms with Gasteiger partial charge in [-0.3, -0.25) is 0 Å². The summed E-state index contributed by atoms with van der Waals surface area (Å²) in [6.45, 7) is 13.5. The summed E-state index contributed by atoms with van der Waals surface area (Å²) >= 11 is 0. The molecule has 0 unspecified atom stereocenters. The van der Waals surface area contributed by atoms with E-state index in [9.17, 15) is 0 Å². The van der Waals surface area contributed by atoms with E-state index in [0.29, 0.717) is 22.9 Å². The number of hydrogen-bond acceptors (Lipinski definition) is 12. The summed E-state index contributed by atoms with van der Waals surface area (Å²) in [5.74, 6) is 0. The monoisotopic (exact) mass is 1490 g/mol. The lowest BCUT2D eigenvalue weighted by atomic mass is 9.50. The van der Waals surface area contributed by atoms with Crippen LogP contribution in [0.3, 0.4) is 0 Å². The molecule has 0 saturated heterocycles. The van der Waals surface area contributed by atoms with Crippen molar-refractivity contribution in [2.24, 2.45) is 28.2 Å². The summed E-state index contributed by atoms with van der Waals surface area (Å²) in [6.07, 6.45) is 24.5. The highest BCUT2D eigenvalue weighted by Gasteiger charge is 2.40. The van der Waals surface area contributed by atoms with E-state index in [-0.39, 0.29) is 27.4 Å². The molecule has 4 aliphatic rings. The fourth-order valence-corrected chi connectivity index (χ4v) is 17.4. The van der Waals surface area contributed by atoms with Gasteiger partial charge < -0.3 is 36.9 Å². The highest BCUT2D eigenvalue weighted by atomic mass is 16.3. The van der Waals surface area contributed by atoms with E-state index in [0.717, 1.165) is 64.1 Å². The number of aryl methyl sites for hydroxylation is 6. The number of furan rings is 4. The van der Waals surface area contributed by atoms with Gasteiger partial charge in [0.15, 0.2) is 52.6 Å². The average molecular weight is 1490 g/mol. The molecule has 0 fully saturated rings. The van der Waals surface area contributed by atoms with E-state index < -0.39 is 0 Å². The first-order valence-corrected chi connectivity index (χ1v) is 38.7. The van der Waals surface area contributed by atoms with Crippen molar-refractivity contribution in [3.05, 3.63) is 309 Å². The van der Waals surface area contributed by atoms with E-state index >= 15 is 0 Å². The molecule has 12 aromatic heterocycles. The molecule has 0 atom stereocenters. The third kappa shape index (κ3) is 13.4. The number of pyridine rings is 8. The molecule has 0 N–H and O–H groups in total. The maximum Gasteiger partial charge on any atom is 0.402 e. The van der Waals surface area contributed by atoms with E-state index in [2.05, 4.69) is 381 Å². The van der Waals surface area contributed by atoms with Crippen LogP contribution in [0.1, 0.15) is 38.8 Å². The van der Waals surface area contributed by atoms with Crippen molar-refractivity contribution < 1.29 is 35.9 Å². The molecular weight excluding hydrogens is 1400 g/mol. The third-order valence-electron chi connectivity index (χ3n) is 23.0. The summed E-state index contributed by atoms with van der Waals surface area (Å²) in [7, 11) is 16.9. The van der Waals surface area contributed by atoms with Crippen LogP contribution in [0.2, 0.25) is 0 Å². The molecule has 0 radical (unpaired) electrons. The number of aromatic nitrogens is 8. The van der Waals surface area contributed by atoms with Gasteiger partial charge in [-0.25, -0.2) is 38.2 Å². The van der Waals surface area contributed by atoms with Gasteiger partial charge in [0, 0.05) is 121 Å². The second kappa shape index (κ2) is 30.4. The largest absolute Gasteiger partial charge is 0.438 e. The Kier molecular flexibility index (Phi) is 19.6. The van der Waals surface area contributed by atoms with Crippen molar-refractivity contribution in [1.82, 2.24) is 39.2 Å². The first-order chi connectivity index (χ1) is 55.3.